The van der Waals surface area contributed by atoms with Crippen molar-refractivity contribution in [3.05, 3.63) is 82.2 Å². The standard InChI is InChI=1S/C26H23ClN6OS2/c1-15(2)21-9-8-20-24(32-21)30-14-31-25(20)33-22-11-17(34-13-19-12-29-26(27)36-19)5-10-23(22)35-18-6-3-16(28)4-7-18/h3-12,14-15H,13,28H2,1-2H3,(H,30,31,32,33). The second-order valence-corrected chi connectivity index (χ2v) is 11.1. The van der Waals surface area contributed by atoms with Gasteiger partial charge in [-0.1, -0.05) is 37.2 Å². The topological polar surface area (TPSA) is 98.8 Å². The number of thiazole rings is 1. The second kappa shape index (κ2) is 10.7. The van der Waals surface area contributed by atoms with Gasteiger partial charge >= 0.3 is 0 Å². The average molecular weight is 535 g/mol. The zero-order valence-corrected chi connectivity index (χ0v) is 22.0. The zero-order chi connectivity index (χ0) is 25.1. The molecule has 7 nitrogen and oxygen atoms in total. The molecule has 0 amide bonds. The van der Waals surface area contributed by atoms with Gasteiger partial charge in [-0.15, -0.1) is 11.3 Å². The molecule has 10 heteroatoms. The van der Waals surface area contributed by atoms with Crippen molar-refractivity contribution in [3.63, 3.8) is 0 Å². The summed E-state index contributed by atoms with van der Waals surface area (Å²) >= 11 is 8.98. The van der Waals surface area contributed by atoms with Gasteiger partial charge in [-0.3, -0.25) is 0 Å². The van der Waals surface area contributed by atoms with Crippen LogP contribution in [0.1, 0.15) is 30.3 Å². The molecule has 0 saturated carbocycles. The van der Waals surface area contributed by atoms with Crippen molar-refractivity contribution >= 4 is 62.9 Å². The van der Waals surface area contributed by atoms with Crippen LogP contribution >= 0.6 is 34.7 Å². The highest BCUT2D eigenvalue weighted by Crippen LogP contribution is 2.38. The number of nitrogens with one attached hydrogen (secondary N) is 1. The van der Waals surface area contributed by atoms with Gasteiger partial charge < -0.3 is 15.8 Å². The summed E-state index contributed by atoms with van der Waals surface area (Å²) in [6.07, 6.45) is 3.26. The fourth-order valence-corrected chi connectivity index (χ4v) is 5.23. The largest absolute Gasteiger partial charge is 0.488 e. The molecule has 3 N–H and O–H groups in total. The second-order valence-electron chi connectivity index (χ2n) is 8.31. The molecule has 36 heavy (non-hydrogen) atoms. The highest BCUT2D eigenvalue weighted by Gasteiger charge is 2.13. The van der Waals surface area contributed by atoms with Gasteiger partial charge in [0.25, 0.3) is 0 Å². The van der Waals surface area contributed by atoms with Gasteiger partial charge in [0, 0.05) is 33.4 Å². The van der Waals surface area contributed by atoms with E-state index in [-0.39, 0.29) is 0 Å². The molecule has 0 fully saturated rings. The SMILES string of the molecule is CC(C)c1ccc2c(Nc3cc(OCc4cnc(Cl)s4)ccc3Sc3ccc(N)cc3)ncnc2n1. The van der Waals surface area contributed by atoms with Crippen LogP contribution in [-0.2, 0) is 6.61 Å². The molecule has 0 aliphatic heterocycles. The molecule has 182 valence electrons. The van der Waals surface area contributed by atoms with Crippen molar-refractivity contribution in [1.82, 2.24) is 19.9 Å². The van der Waals surface area contributed by atoms with E-state index in [9.17, 15) is 0 Å². The van der Waals surface area contributed by atoms with E-state index in [1.807, 2.05) is 54.6 Å². The first-order valence-corrected chi connectivity index (χ1v) is 13.2. The summed E-state index contributed by atoms with van der Waals surface area (Å²) in [5, 5.41) is 4.33. The van der Waals surface area contributed by atoms with E-state index in [2.05, 4.69) is 34.1 Å². The van der Waals surface area contributed by atoms with Crippen LogP contribution < -0.4 is 15.8 Å². The van der Waals surface area contributed by atoms with Crippen LogP contribution in [0.15, 0.2) is 76.9 Å². The van der Waals surface area contributed by atoms with Gasteiger partial charge in [0.1, 0.15) is 24.5 Å². The molecule has 5 rings (SSSR count). The summed E-state index contributed by atoms with van der Waals surface area (Å²) in [5.74, 6) is 1.70. The Balaban J connectivity index is 1.48. The van der Waals surface area contributed by atoms with Crippen LogP contribution in [0, 0.1) is 0 Å². The fourth-order valence-electron chi connectivity index (χ4n) is 3.46. The van der Waals surface area contributed by atoms with E-state index in [0.29, 0.717) is 34.2 Å². The summed E-state index contributed by atoms with van der Waals surface area (Å²) in [4.78, 5) is 20.7. The van der Waals surface area contributed by atoms with Crippen LogP contribution in [0.5, 0.6) is 5.75 Å². The molecule has 0 bridgehead atoms. The summed E-state index contributed by atoms with van der Waals surface area (Å²) in [6, 6.07) is 17.8. The van der Waals surface area contributed by atoms with Crippen molar-refractivity contribution in [2.45, 2.75) is 36.2 Å². The number of ether oxygens (including phenoxy) is 1. The van der Waals surface area contributed by atoms with E-state index in [0.717, 1.165) is 37.1 Å². The van der Waals surface area contributed by atoms with E-state index >= 15 is 0 Å². The van der Waals surface area contributed by atoms with Gasteiger partial charge in [0.05, 0.1) is 16.0 Å². The minimum Gasteiger partial charge on any atom is -0.488 e. The third kappa shape index (κ3) is 5.70. The van der Waals surface area contributed by atoms with Gasteiger partial charge in [-0.25, -0.2) is 19.9 Å². The molecule has 0 aliphatic carbocycles. The zero-order valence-electron chi connectivity index (χ0n) is 19.6. The van der Waals surface area contributed by atoms with Gasteiger partial charge in [0.15, 0.2) is 10.1 Å². The first kappa shape index (κ1) is 24.3. The maximum atomic E-state index is 6.04. The van der Waals surface area contributed by atoms with E-state index in [4.69, 9.17) is 27.1 Å². The maximum Gasteiger partial charge on any atom is 0.183 e. The highest BCUT2D eigenvalue weighted by atomic mass is 35.5. The number of benzene rings is 2. The lowest BCUT2D eigenvalue weighted by Gasteiger charge is -2.15. The van der Waals surface area contributed by atoms with Crippen LogP contribution in [0.2, 0.25) is 4.47 Å². The Hall–Kier alpha value is -3.40. The highest BCUT2D eigenvalue weighted by molar-refractivity contribution is 7.99. The Morgan fingerprint density at radius 3 is 2.64 bits per heavy atom. The third-order valence-corrected chi connectivity index (χ3v) is 7.50. The molecule has 0 unspecified atom stereocenters. The number of nitrogens with two attached hydrogens (primary N) is 1. The third-order valence-electron chi connectivity index (χ3n) is 5.33. The normalized spacial score (nSPS) is 11.2. The number of rotatable bonds is 8. The van der Waals surface area contributed by atoms with Crippen molar-refractivity contribution in [1.29, 1.82) is 0 Å². The molecule has 3 heterocycles. The maximum absolute atomic E-state index is 6.04. The van der Waals surface area contributed by atoms with Gasteiger partial charge in [0.2, 0.25) is 0 Å². The molecular formula is C26H23ClN6OS2. The average Bonchev–Trinajstić information content (AvgIpc) is 3.30. The number of hydrogen-bond acceptors (Lipinski definition) is 9. The first-order chi connectivity index (χ1) is 17.4. The smallest absolute Gasteiger partial charge is 0.183 e. The van der Waals surface area contributed by atoms with Crippen LogP contribution in [0.25, 0.3) is 11.0 Å². The number of pyridine rings is 1. The molecule has 0 saturated heterocycles. The van der Waals surface area contributed by atoms with Crippen molar-refractivity contribution in [2.24, 2.45) is 0 Å². The lowest BCUT2D eigenvalue weighted by Crippen LogP contribution is -2.01. The van der Waals surface area contributed by atoms with Crippen molar-refractivity contribution < 1.29 is 4.74 Å². The van der Waals surface area contributed by atoms with Gasteiger partial charge in [-0.2, -0.15) is 0 Å². The minimum atomic E-state index is 0.311. The molecule has 3 aromatic heterocycles. The number of fused-ring (bicyclic) bond motifs is 1. The van der Waals surface area contributed by atoms with Crippen molar-refractivity contribution in [3.8, 4) is 5.75 Å². The summed E-state index contributed by atoms with van der Waals surface area (Å²) in [6.45, 7) is 4.61. The number of nitrogen functional groups attached to an aromatic ring is 1. The Morgan fingerprint density at radius 1 is 1.06 bits per heavy atom. The molecule has 0 radical (unpaired) electrons. The van der Waals surface area contributed by atoms with Crippen LogP contribution in [0.4, 0.5) is 17.2 Å². The summed E-state index contributed by atoms with van der Waals surface area (Å²) in [5.41, 5.74) is 9.09. The Labute approximate surface area is 222 Å². The monoisotopic (exact) mass is 534 g/mol. The molecule has 2 aromatic carbocycles. The lowest BCUT2D eigenvalue weighted by atomic mass is 10.1. The predicted molar refractivity (Wildman–Crippen MR) is 148 cm³/mol. The number of halogens is 1. The summed E-state index contributed by atoms with van der Waals surface area (Å²) < 4.78 is 6.53. The Bertz CT molecular complexity index is 1510. The van der Waals surface area contributed by atoms with E-state index in [1.54, 1.807) is 18.0 Å². The Morgan fingerprint density at radius 2 is 1.89 bits per heavy atom. The Kier molecular flexibility index (Phi) is 7.22. The molecule has 0 atom stereocenters. The molecule has 0 aliphatic rings. The molecule has 5 aromatic rings. The van der Waals surface area contributed by atoms with Crippen molar-refractivity contribution in [2.75, 3.05) is 11.1 Å². The molecular weight excluding hydrogens is 512 g/mol. The van der Waals surface area contributed by atoms with Crippen LogP contribution in [-0.4, -0.2) is 19.9 Å². The number of anilines is 3. The minimum absolute atomic E-state index is 0.311. The van der Waals surface area contributed by atoms with Gasteiger partial charge in [-0.05, 0) is 54.4 Å². The quantitative estimate of drug-likeness (QED) is 0.200. The van der Waals surface area contributed by atoms with E-state index in [1.165, 1.54) is 17.7 Å². The first-order valence-electron chi connectivity index (χ1n) is 11.2. The van der Waals surface area contributed by atoms with E-state index < -0.39 is 0 Å². The molecule has 0 spiro atoms. The van der Waals surface area contributed by atoms with Crippen LogP contribution in [0.3, 0.4) is 0 Å². The lowest BCUT2D eigenvalue weighted by molar-refractivity contribution is 0.309. The number of aromatic nitrogens is 4. The summed E-state index contributed by atoms with van der Waals surface area (Å²) in [7, 11) is 0. The fraction of sp³-hybridized carbons (Fsp3) is 0.154. The number of nitrogens with zero attached hydrogens (tertiary/aromatic N) is 4. The predicted octanol–water partition coefficient (Wildman–Crippen LogP) is 7.31. The number of hydrogen-bond donors (Lipinski definition) is 2.